The third kappa shape index (κ3) is 2.69. The summed E-state index contributed by atoms with van der Waals surface area (Å²) in [6.07, 6.45) is 1.19. The number of fused-ring (bicyclic) bond motifs is 4. The van der Waals surface area contributed by atoms with Crippen molar-refractivity contribution in [2.45, 2.75) is 18.2 Å². The number of nitrogens with zero attached hydrogens (tertiary/aromatic N) is 3. The van der Waals surface area contributed by atoms with Crippen molar-refractivity contribution >= 4 is 23.4 Å². The lowest BCUT2D eigenvalue weighted by molar-refractivity contribution is -0.763. The van der Waals surface area contributed by atoms with Crippen molar-refractivity contribution in [1.82, 2.24) is 10.1 Å². The number of amides is 1. The maximum atomic E-state index is 13.0. The van der Waals surface area contributed by atoms with Gasteiger partial charge in [-0.05, 0) is 41.3 Å². The minimum atomic E-state index is -0.639. The number of hydrogen-bond donors (Lipinski definition) is 1. The highest BCUT2D eigenvalue weighted by atomic mass is 32.2. The number of rotatable bonds is 2. The van der Waals surface area contributed by atoms with Crippen LogP contribution in [-0.2, 0) is 4.79 Å². The van der Waals surface area contributed by atoms with Gasteiger partial charge in [0.25, 0.3) is 6.17 Å². The first-order valence-corrected chi connectivity index (χ1v) is 10.2. The van der Waals surface area contributed by atoms with Gasteiger partial charge in [0.2, 0.25) is 17.9 Å². The van der Waals surface area contributed by atoms with E-state index in [1.807, 2.05) is 42.7 Å². The van der Waals surface area contributed by atoms with Crippen molar-refractivity contribution in [3.8, 4) is 22.8 Å². The summed E-state index contributed by atoms with van der Waals surface area (Å²) in [4.78, 5) is 30.2. The number of nitrogens with one attached hydrogen (secondary N) is 1. The third-order valence-electron chi connectivity index (χ3n) is 4.99. The number of ether oxygens (including phenoxy) is 2. The van der Waals surface area contributed by atoms with E-state index in [1.54, 1.807) is 15.6 Å². The normalized spacial score (nSPS) is 16.3. The summed E-state index contributed by atoms with van der Waals surface area (Å²) in [5.74, 6) is 1.08. The topological polar surface area (TPSA) is 88.4 Å². The SMILES string of the molecule is CSc1n[n+]2c(c(=O)[nH]1)-c1ccccc1N(C(C)=O)[C@H]2c1ccc2c(c1)OCO2. The Hall–Kier alpha value is -3.33. The molecule has 0 aliphatic carbocycles. The van der Waals surface area contributed by atoms with Crippen LogP contribution >= 0.6 is 11.8 Å². The van der Waals surface area contributed by atoms with Crippen molar-refractivity contribution in [2.24, 2.45) is 0 Å². The van der Waals surface area contributed by atoms with E-state index in [1.165, 1.54) is 18.7 Å². The Balaban J connectivity index is 1.83. The van der Waals surface area contributed by atoms with Gasteiger partial charge in [-0.1, -0.05) is 23.9 Å². The molecule has 2 aliphatic heterocycles. The van der Waals surface area contributed by atoms with Crippen LogP contribution in [0, 0.1) is 0 Å². The van der Waals surface area contributed by atoms with E-state index >= 15 is 0 Å². The molecule has 2 aliphatic rings. The number of para-hydroxylation sites is 1. The summed E-state index contributed by atoms with van der Waals surface area (Å²) in [6, 6.07) is 12.8. The highest BCUT2D eigenvalue weighted by Gasteiger charge is 2.45. The van der Waals surface area contributed by atoms with E-state index in [9.17, 15) is 9.59 Å². The smallest absolute Gasteiger partial charge is 0.325 e. The van der Waals surface area contributed by atoms with Gasteiger partial charge in [0, 0.05) is 17.6 Å². The fourth-order valence-corrected chi connectivity index (χ4v) is 4.14. The van der Waals surface area contributed by atoms with Crippen LogP contribution in [0.25, 0.3) is 11.3 Å². The molecular formula is C20H17N4O4S+. The molecule has 3 aromatic rings. The zero-order chi connectivity index (χ0) is 20.1. The lowest BCUT2D eigenvalue weighted by Gasteiger charge is -2.31. The number of H-pyrrole nitrogens is 1. The zero-order valence-corrected chi connectivity index (χ0v) is 16.5. The van der Waals surface area contributed by atoms with Crippen LogP contribution in [0.15, 0.2) is 52.4 Å². The molecule has 0 radical (unpaired) electrons. The van der Waals surface area contributed by atoms with Crippen LogP contribution < -0.4 is 24.6 Å². The Bertz CT molecular complexity index is 1210. The Morgan fingerprint density at radius 2 is 2.03 bits per heavy atom. The molecule has 0 spiro atoms. The summed E-state index contributed by atoms with van der Waals surface area (Å²) < 4.78 is 12.6. The molecule has 0 bridgehead atoms. The minimum Gasteiger partial charge on any atom is -0.454 e. The highest BCUT2D eigenvalue weighted by Crippen LogP contribution is 2.40. The quantitative estimate of drug-likeness (QED) is 0.515. The van der Waals surface area contributed by atoms with E-state index < -0.39 is 6.17 Å². The molecule has 0 saturated carbocycles. The summed E-state index contributed by atoms with van der Waals surface area (Å²) in [7, 11) is 0. The number of benzene rings is 2. The van der Waals surface area contributed by atoms with Crippen molar-refractivity contribution < 1.29 is 19.0 Å². The third-order valence-corrected chi connectivity index (χ3v) is 5.56. The Kier molecular flexibility index (Phi) is 4.06. The summed E-state index contributed by atoms with van der Waals surface area (Å²) >= 11 is 1.33. The molecule has 1 N–H and O–H groups in total. The molecule has 29 heavy (non-hydrogen) atoms. The number of thioether (sulfide) groups is 1. The predicted octanol–water partition coefficient (Wildman–Crippen LogP) is 2.09. The van der Waals surface area contributed by atoms with Crippen molar-refractivity contribution in [2.75, 3.05) is 17.9 Å². The lowest BCUT2D eigenvalue weighted by atomic mass is 10.0. The van der Waals surface area contributed by atoms with E-state index in [2.05, 4.69) is 10.1 Å². The van der Waals surface area contributed by atoms with Crippen LogP contribution in [-0.4, -0.2) is 29.0 Å². The average molecular weight is 409 g/mol. The molecule has 3 heterocycles. The summed E-state index contributed by atoms with van der Waals surface area (Å²) in [6.45, 7) is 1.66. The Morgan fingerprint density at radius 1 is 1.24 bits per heavy atom. The number of aromatic nitrogens is 3. The van der Waals surface area contributed by atoms with Gasteiger partial charge in [0.15, 0.2) is 11.5 Å². The van der Waals surface area contributed by atoms with Crippen molar-refractivity contribution in [3.63, 3.8) is 0 Å². The molecule has 1 amide bonds. The standard InChI is InChI=1S/C20H16N4O4S/c1-11(25)23-14-6-4-3-5-13(14)17-18(26)21-20(29-2)22-24(17)19(23)12-7-8-15-16(9-12)28-10-27-15/h3-9,19H,10H2,1-2H3/p+1/t19-/m1/s1. The van der Waals surface area contributed by atoms with E-state index in [-0.39, 0.29) is 18.3 Å². The number of aromatic amines is 1. The fraction of sp³-hybridized carbons (Fsp3) is 0.200. The summed E-state index contributed by atoms with van der Waals surface area (Å²) in [5.41, 5.74) is 2.22. The maximum absolute atomic E-state index is 13.0. The molecular weight excluding hydrogens is 392 g/mol. The largest absolute Gasteiger partial charge is 0.454 e. The molecule has 0 fully saturated rings. The molecule has 8 nitrogen and oxygen atoms in total. The molecule has 5 rings (SSSR count). The second kappa shape index (κ2) is 6.63. The van der Waals surface area contributed by atoms with Gasteiger partial charge in [-0.15, -0.1) is 0 Å². The van der Waals surface area contributed by atoms with Crippen LogP contribution in [0.3, 0.4) is 0 Å². The molecule has 0 saturated heterocycles. The van der Waals surface area contributed by atoms with Crippen LogP contribution in [0.2, 0.25) is 0 Å². The molecule has 0 unspecified atom stereocenters. The number of carbonyl (C=O) groups excluding carboxylic acids is 1. The zero-order valence-electron chi connectivity index (χ0n) is 15.7. The molecule has 1 atom stereocenters. The number of hydrogen-bond acceptors (Lipinski definition) is 6. The van der Waals surface area contributed by atoms with Gasteiger partial charge in [0.1, 0.15) is 0 Å². The van der Waals surface area contributed by atoms with E-state index in [0.29, 0.717) is 33.6 Å². The highest BCUT2D eigenvalue weighted by molar-refractivity contribution is 7.98. The molecule has 1 aromatic heterocycles. The van der Waals surface area contributed by atoms with Gasteiger partial charge in [0.05, 0.1) is 11.3 Å². The van der Waals surface area contributed by atoms with E-state index in [0.717, 1.165) is 5.56 Å². The molecule has 9 heteroatoms. The summed E-state index contributed by atoms with van der Waals surface area (Å²) in [5, 5.41) is 5.10. The average Bonchev–Trinajstić information content (AvgIpc) is 3.19. The van der Waals surface area contributed by atoms with Gasteiger partial charge in [-0.3, -0.25) is 14.6 Å². The first-order chi connectivity index (χ1) is 14.1. The Labute approximate surface area is 170 Å². The van der Waals surface area contributed by atoms with Crippen molar-refractivity contribution in [1.29, 1.82) is 0 Å². The number of anilines is 1. The maximum Gasteiger partial charge on any atom is 0.325 e. The second-order valence-corrected chi connectivity index (χ2v) is 7.44. The van der Waals surface area contributed by atoms with Crippen LogP contribution in [0.1, 0.15) is 18.7 Å². The number of carbonyl (C=O) groups is 1. The van der Waals surface area contributed by atoms with Gasteiger partial charge >= 0.3 is 11.3 Å². The molecule has 146 valence electrons. The predicted molar refractivity (Wildman–Crippen MR) is 106 cm³/mol. The van der Waals surface area contributed by atoms with E-state index in [4.69, 9.17) is 9.47 Å². The van der Waals surface area contributed by atoms with Gasteiger partial charge in [-0.25, -0.2) is 4.90 Å². The Morgan fingerprint density at radius 3 is 2.83 bits per heavy atom. The monoisotopic (exact) mass is 409 g/mol. The minimum absolute atomic E-state index is 0.154. The molecule has 2 aromatic carbocycles. The van der Waals surface area contributed by atoms with Crippen molar-refractivity contribution in [3.05, 3.63) is 58.4 Å². The second-order valence-electron chi connectivity index (χ2n) is 6.65. The fourth-order valence-electron chi connectivity index (χ4n) is 3.78. The van der Waals surface area contributed by atoms with Crippen LogP contribution in [0.4, 0.5) is 5.69 Å². The van der Waals surface area contributed by atoms with Gasteiger partial charge < -0.3 is 9.47 Å². The first-order valence-electron chi connectivity index (χ1n) is 8.97. The lowest BCUT2D eigenvalue weighted by Crippen LogP contribution is -2.60. The first kappa shape index (κ1) is 17.7. The van der Waals surface area contributed by atoms with Crippen LogP contribution in [0.5, 0.6) is 11.5 Å². The van der Waals surface area contributed by atoms with Gasteiger partial charge in [-0.2, -0.15) is 0 Å².